The molecule has 0 heterocycles. The molecular formula is C32H45ClN4O5. The highest BCUT2D eigenvalue weighted by molar-refractivity contribution is 6.34. The summed E-state index contributed by atoms with van der Waals surface area (Å²) in [6.07, 6.45) is 1.33. The number of aryl methyl sites for hydroxylation is 3. The minimum absolute atomic E-state index is 0.0531. The van der Waals surface area contributed by atoms with Crippen LogP contribution in [0, 0.1) is 20.8 Å². The summed E-state index contributed by atoms with van der Waals surface area (Å²) < 4.78 is 5.41. The number of hydrogen-bond acceptors (Lipinski definition) is 5. The summed E-state index contributed by atoms with van der Waals surface area (Å²) >= 11 is 6.46. The molecule has 0 radical (unpaired) electrons. The SMILES string of the molecule is CCCCCN(C(=O)C(CCC(N)=O)NC(=O)OC(C)(C)C)C(C(=O)Nc1c(C)cccc1Cl)c1cc(C)ccc1C. The monoisotopic (exact) mass is 600 g/mol. The second-order valence-electron chi connectivity index (χ2n) is 11.6. The fourth-order valence-corrected chi connectivity index (χ4v) is 4.85. The molecule has 0 fully saturated rings. The number of alkyl carbamates (subject to hydrolysis) is 1. The maximum atomic E-state index is 14.4. The summed E-state index contributed by atoms with van der Waals surface area (Å²) in [6.45, 7) is 13.0. The van der Waals surface area contributed by atoms with Crippen LogP contribution < -0.4 is 16.4 Å². The van der Waals surface area contributed by atoms with Gasteiger partial charge in [0.05, 0.1) is 10.7 Å². The van der Waals surface area contributed by atoms with Crippen LogP contribution in [0.1, 0.15) is 88.1 Å². The van der Waals surface area contributed by atoms with Gasteiger partial charge in [0.15, 0.2) is 0 Å². The predicted molar refractivity (Wildman–Crippen MR) is 166 cm³/mol. The fourth-order valence-electron chi connectivity index (χ4n) is 4.58. The number of carbonyl (C=O) groups is 4. The summed E-state index contributed by atoms with van der Waals surface area (Å²) in [6, 6.07) is 8.84. The first-order valence-electron chi connectivity index (χ1n) is 14.4. The van der Waals surface area contributed by atoms with Crippen LogP contribution in [0.2, 0.25) is 5.02 Å². The second-order valence-corrected chi connectivity index (χ2v) is 12.0. The van der Waals surface area contributed by atoms with Crippen molar-refractivity contribution >= 4 is 41.1 Å². The molecular weight excluding hydrogens is 556 g/mol. The lowest BCUT2D eigenvalue weighted by atomic mass is 9.95. The van der Waals surface area contributed by atoms with Gasteiger partial charge in [0.1, 0.15) is 17.7 Å². The van der Waals surface area contributed by atoms with Crippen LogP contribution in [-0.2, 0) is 19.1 Å². The van der Waals surface area contributed by atoms with E-state index in [2.05, 4.69) is 10.6 Å². The van der Waals surface area contributed by atoms with Gasteiger partial charge < -0.3 is 26.0 Å². The summed E-state index contributed by atoms with van der Waals surface area (Å²) in [5.74, 6) is -1.58. The highest BCUT2D eigenvalue weighted by Gasteiger charge is 2.37. The van der Waals surface area contributed by atoms with E-state index in [9.17, 15) is 19.2 Å². The van der Waals surface area contributed by atoms with E-state index in [-0.39, 0.29) is 19.4 Å². The predicted octanol–water partition coefficient (Wildman–Crippen LogP) is 6.12. The van der Waals surface area contributed by atoms with Gasteiger partial charge in [-0.15, -0.1) is 0 Å². The number of unbranched alkanes of at least 4 members (excludes halogenated alkanes) is 2. The molecule has 2 atom stereocenters. The minimum Gasteiger partial charge on any atom is -0.444 e. The largest absolute Gasteiger partial charge is 0.444 e. The number of rotatable bonds is 13. The Hall–Kier alpha value is -3.59. The Kier molecular flexibility index (Phi) is 12.8. The Bertz CT molecular complexity index is 1250. The zero-order valence-corrected chi connectivity index (χ0v) is 26.6. The van der Waals surface area contributed by atoms with Crippen molar-refractivity contribution in [3.63, 3.8) is 0 Å². The van der Waals surface area contributed by atoms with E-state index < -0.39 is 41.5 Å². The number of nitrogens with zero attached hydrogens (tertiary/aromatic N) is 1. The van der Waals surface area contributed by atoms with Crippen molar-refractivity contribution in [3.8, 4) is 0 Å². The number of nitrogens with one attached hydrogen (secondary N) is 2. The van der Waals surface area contributed by atoms with Gasteiger partial charge in [0, 0.05) is 13.0 Å². The zero-order valence-electron chi connectivity index (χ0n) is 25.8. The Morgan fingerprint density at radius 2 is 1.71 bits per heavy atom. The molecule has 4 N–H and O–H groups in total. The van der Waals surface area contributed by atoms with Crippen molar-refractivity contribution in [2.75, 3.05) is 11.9 Å². The van der Waals surface area contributed by atoms with Gasteiger partial charge in [-0.3, -0.25) is 14.4 Å². The third-order valence-corrected chi connectivity index (χ3v) is 7.03. The molecule has 0 aromatic heterocycles. The smallest absolute Gasteiger partial charge is 0.408 e. The van der Waals surface area contributed by atoms with Gasteiger partial charge in [-0.05, 0) is 77.1 Å². The number of anilines is 1. The average molecular weight is 601 g/mol. The molecule has 230 valence electrons. The molecule has 0 aliphatic carbocycles. The number of para-hydroxylation sites is 1. The first-order valence-corrected chi connectivity index (χ1v) is 14.7. The fraction of sp³-hybridized carbons (Fsp3) is 0.500. The lowest BCUT2D eigenvalue weighted by Crippen LogP contribution is -2.53. The van der Waals surface area contributed by atoms with Crippen LogP contribution >= 0.6 is 11.6 Å². The topological polar surface area (TPSA) is 131 Å². The number of ether oxygens (including phenoxy) is 1. The number of benzene rings is 2. The molecule has 0 bridgehead atoms. The molecule has 0 aliphatic heterocycles. The third-order valence-electron chi connectivity index (χ3n) is 6.71. The van der Waals surface area contributed by atoms with Crippen molar-refractivity contribution in [1.82, 2.24) is 10.2 Å². The van der Waals surface area contributed by atoms with Gasteiger partial charge in [0.2, 0.25) is 11.8 Å². The summed E-state index contributed by atoms with van der Waals surface area (Å²) in [7, 11) is 0. The Morgan fingerprint density at radius 1 is 1.02 bits per heavy atom. The standard InChI is InChI=1S/C32H45ClN4O5/c1-8-9-10-18-37(30(40)25(16-17-26(34)38)35-31(41)42-32(5,6)7)28(23-19-20(2)14-15-21(23)3)29(39)36-27-22(4)12-11-13-24(27)33/h11-15,19,25,28H,8-10,16-18H2,1-7H3,(H2,34,38)(H,35,41)(H,36,39). The Labute approximate surface area is 254 Å². The molecule has 4 amide bonds. The van der Waals surface area contributed by atoms with Crippen molar-refractivity contribution in [2.24, 2.45) is 5.73 Å². The van der Waals surface area contributed by atoms with Crippen LogP contribution in [0.15, 0.2) is 36.4 Å². The normalized spacial score (nSPS) is 12.7. The molecule has 0 saturated carbocycles. The van der Waals surface area contributed by atoms with Crippen molar-refractivity contribution in [1.29, 1.82) is 0 Å². The number of nitrogens with two attached hydrogens (primary N) is 1. The van der Waals surface area contributed by atoms with Crippen molar-refractivity contribution < 1.29 is 23.9 Å². The first kappa shape index (κ1) is 34.6. The van der Waals surface area contributed by atoms with Crippen LogP contribution in [0.4, 0.5) is 10.5 Å². The number of halogens is 1. The lowest BCUT2D eigenvalue weighted by Gasteiger charge is -2.35. The number of primary amides is 1. The maximum absolute atomic E-state index is 14.4. The zero-order chi connectivity index (χ0) is 31.6. The Morgan fingerprint density at radius 3 is 2.31 bits per heavy atom. The Balaban J connectivity index is 2.65. The molecule has 0 spiro atoms. The van der Waals surface area contributed by atoms with Crippen molar-refractivity contribution in [3.05, 3.63) is 63.7 Å². The van der Waals surface area contributed by atoms with Gasteiger partial charge in [-0.25, -0.2) is 4.79 Å². The summed E-state index contributed by atoms with van der Waals surface area (Å²) in [5, 5.41) is 5.96. The van der Waals surface area contributed by atoms with E-state index in [0.717, 1.165) is 29.5 Å². The van der Waals surface area contributed by atoms with E-state index >= 15 is 0 Å². The molecule has 9 nitrogen and oxygen atoms in total. The average Bonchev–Trinajstić information content (AvgIpc) is 2.88. The molecule has 2 aromatic rings. The molecule has 10 heteroatoms. The van der Waals surface area contributed by atoms with Gasteiger partial charge in [-0.2, -0.15) is 0 Å². The van der Waals surface area contributed by atoms with Crippen LogP contribution in [-0.4, -0.2) is 46.9 Å². The molecule has 0 aliphatic rings. The van der Waals surface area contributed by atoms with Crippen LogP contribution in [0.3, 0.4) is 0 Å². The van der Waals surface area contributed by atoms with E-state index in [1.165, 1.54) is 4.90 Å². The summed E-state index contributed by atoms with van der Waals surface area (Å²) in [5.41, 5.74) is 8.21. The molecule has 42 heavy (non-hydrogen) atoms. The number of hydrogen-bond donors (Lipinski definition) is 3. The second kappa shape index (κ2) is 15.6. The van der Waals surface area contributed by atoms with E-state index in [4.69, 9.17) is 22.1 Å². The highest BCUT2D eigenvalue weighted by Crippen LogP contribution is 2.31. The maximum Gasteiger partial charge on any atom is 0.408 e. The molecule has 2 aromatic carbocycles. The molecule has 0 saturated heterocycles. The van der Waals surface area contributed by atoms with Crippen molar-refractivity contribution in [2.45, 2.75) is 98.3 Å². The van der Waals surface area contributed by atoms with Crippen LogP contribution in [0.5, 0.6) is 0 Å². The quantitative estimate of drug-likeness (QED) is 0.238. The van der Waals surface area contributed by atoms with Crippen LogP contribution in [0.25, 0.3) is 0 Å². The molecule has 2 unspecified atom stereocenters. The van der Waals surface area contributed by atoms with Gasteiger partial charge in [0.25, 0.3) is 5.91 Å². The summed E-state index contributed by atoms with van der Waals surface area (Å²) in [4.78, 5) is 54.5. The van der Waals surface area contributed by atoms with E-state index in [0.29, 0.717) is 22.7 Å². The number of carbonyl (C=O) groups excluding carboxylic acids is 4. The lowest BCUT2D eigenvalue weighted by molar-refractivity contribution is -0.141. The first-order chi connectivity index (χ1) is 19.6. The van der Waals surface area contributed by atoms with E-state index in [1.54, 1.807) is 32.9 Å². The van der Waals surface area contributed by atoms with Gasteiger partial charge >= 0.3 is 6.09 Å². The van der Waals surface area contributed by atoms with E-state index in [1.807, 2.05) is 52.0 Å². The number of amides is 4. The minimum atomic E-state index is -1.16. The highest BCUT2D eigenvalue weighted by atomic mass is 35.5. The van der Waals surface area contributed by atoms with Gasteiger partial charge in [-0.1, -0.05) is 67.3 Å². The molecule has 2 rings (SSSR count). The third kappa shape index (κ3) is 10.4.